The van der Waals surface area contributed by atoms with Crippen LogP contribution in [0.4, 0.5) is 5.69 Å². The van der Waals surface area contributed by atoms with E-state index < -0.39 is 23.8 Å². The number of rotatable bonds is 6. The van der Waals surface area contributed by atoms with E-state index in [1.807, 2.05) is 0 Å². The van der Waals surface area contributed by atoms with Gasteiger partial charge in [-0.15, -0.1) is 0 Å². The lowest BCUT2D eigenvalue weighted by atomic mass is 10.0. The summed E-state index contributed by atoms with van der Waals surface area (Å²) in [6.07, 6.45) is 0. The molecular weight excluding hydrogens is 430 g/mol. The van der Waals surface area contributed by atoms with Gasteiger partial charge in [0.15, 0.2) is 5.17 Å². The fourth-order valence-corrected chi connectivity index (χ4v) is 4.54. The van der Waals surface area contributed by atoms with E-state index in [9.17, 15) is 24.3 Å². The van der Waals surface area contributed by atoms with Gasteiger partial charge < -0.3 is 15.2 Å². The van der Waals surface area contributed by atoms with Crippen molar-refractivity contribution in [2.45, 2.75) is 13.8 Å². The number of hydrogen-bond acceptors (Lipinski definition) is 8. The number of aliphatic imine (C=N–C) groups is 2. The number of anilines is 1. The summed E-state index contributed by atoms with van der Waals surface area (Å²) < 4.78 is 4.90. The van der Waals surface area contributed by atoms with Crippen LogP contribution < -0.4 is 5.32 Å². The number of fused-ring (bicyclic) bond motifs is 1. The van der Waals surface area contributed by atoms with Gasteiger partial charge >= 0.3 is 11.9 Å². The number of esters is 1. The predicted molar refractivity (Wildman–Crippen MR) is 115 cm³/mol. The molecule has 2 aliphatic rings. The van der Waals surface area contributed by atoms with E-state index in [0.29, 0.717) is 21.9 Å². The molecule has 30 heavy (non-hydrogen) atoms. The number of aliphatic carboxylic acids is 1. The maximum absolute atomic E-state index is 12.3. The first-order valence-electron chi connectivity index (χ1n) is 8.83. The van der Waals surface area contributed by atoms with Crippen molar-refractivity contribution >= 4 is 63.2 Å². The van der Waals surface area contributed by atoms with Crippen molar-refractivity contribution in [3.63, 3.8) is 0 Å². The van der Waals surface area contributed by atoms with Crippen molar-refractivity contribution in [1.29, 1.82) is 0 Å². The van der Waals surface area contributed by atoms with Crippen LogP contribution in [0.2, 0.25) is 0 Å². The summed E-state index contributed by atoms with van der Waals surface area (Å²) in [5.41, 5.74) is 1.30. The molecule has 9 nitrogen and oxygen atoms in total. The number of carbonyl (C=O) groups excluding carboxylic acids is 3. The number of nitrogens with one attached hydrogen (secondary N) is 1. The zero-order valence-corrected chi connectivity index (χ0v) is 17.6. The van der Waals surface area contributed by atoms with Crippen LogP contribution >= 0.6 is 23.5 Å². The molecule has 0 aromatic heterocycles. The van der Waals surface area contributed by atoms with Crippen molar-refractivity contribution < 1.29 is 29.0 Å². The van der Waals surface area contributed by atoms with E-state index in [2.05, 4.69) is 15.3 Å². The van der Waals surface area contributed by atoms with Crippen molar-refractivity contribution in [1.82, 2.24) is 0 Å². The topological polar surface area (TPSA) is 134 Å². The van der Waals surface area contributed by atoms with Crippen LogP contribution in [0.1, 0.15) is 24.2 Å². The Morgan fingerprint density at radius 2 is 1.93 bits per heavy atom. The molecule has 0 saturated heterocycles. The summed E-state index contributed by atoms with van der Waals surface area (Å²) in [6, 6.07) is 6.25. The predicted octanol–water partition coefficient (Wildman–Crippen LogP) is 2.55. The lowest BCUT2D eigenvalue weighted by Crippen LogP contribution is -2.24. The highest BCUT2D eigenvalue weighted by Crippen LogP contribution is 2.41. The van der Waals surface area contributed by atoms with Gasteiger partial charge in [-0.05, 0) is 43.7 Å². The second-order valence-electron chi connectivity index (χ2n) is 6.17. The van der Waals surface area contributed by atoms with Crippen LogP contribution in [0.15, 0.2) is 44.7 Å². The van der Waals surface area contributed by atoms with E-state index in [0.717, 1.165) is 23.5 Å². The third kappa shape index (κ3) is 4.79. The number of carbonyl (C=O) groups is 4. The first-order valence-corrected chi connectivity index (χ1v) is 10.6. The Hall–Kier alpha value is -2.92. The largest absolute Gasteiger partial charge is 0.477 e. The maximum Gasteiger partial charge on any atom is 0.342 e. The first-order chi connectivity index (χ1) is 14.3. The molecule has 2 N–H and O–H groups in total. The normalized spacial score (nSPS) is 17.8. The van der Waals surface area contributed by atoms with E-state index in [1.165, 1.54) is 0 Å². The summed E-state index contributed by atoms with van der Waals surface area (Å²) in [5, 5.41) is 12.4. The van der Waals surface area contributed by atoms with Crippen molar-refractivity contribution in [2.24, 2.45) is 15.9 Å². The molecule has 0 bridgehead atoms. The highest BCUT2D eigenvalue weighted by molar-refractivity contribution is 8.19. The molecule has 0 radical (unpaired) electrons. The number of nitrogens with zero attached hydrogens (tertiary/aromatic N) is 2. The minimum absolute atomic E-state index is 0.0456. The molecular formula is C19H17N3O6S2. The van der Waals surface area contributed by atoms with Crippen LogP contribution in [0.3, 0.4) is 0 Å². The van der Waals surface area contributed by atoms with Gasteiger partial charge in [0.25, 0.3) is 5.91 Å². The average Bonchev–Trinajstić information content (AvgIpc) is 3.04. The molecule has 2 amide bonds. The molecule has 11 heteroatoms. The second kappa shape index (κ2) is 9.26. The van der Waals surface area contributed by atoms with Crippen molar-refractivity contribution in [3.05, 3.63) is 40.3 Å². The standard InChI is InChI=1S/C19H17N3O6S2/c1-3-28-18(27)10-4-6-11(7-5-10)20-12(23)8-29-19-21-15(24)13-9(2)14(17(25)26)30-16(13)22-19/h4-7,13H,3,8H2,1-2H3,(H,20,23)(H,25,26). The Bertz CT molecular complexity index is 1010. The number of benzene rings is 1. The molecule has 0 spiro atoms. The number of thioether (sulfide) groups is 2. The van der Waals surface area contributed by atoms with Crippen LogP contribution in [0, 0.1) is 5.92 Å². The van der Waals surface area contributed by atoms with Crippen LogP contribution in [-0.4, -0.2) is 51.4 Å². The minimum atomic E-state index is -1.11. The van der Waals surface area contributed by atoms with Gasteiger partial charge in [0.1, 0.15) is 5.92 Å². The van der Waals surface area contributed by atoms with Crippen LogP contribution in [0.25, 0.3) is 0 Å². The summed E-state index contributed by atoms with van der Waals surface area (Å²) in [4.78, 5) is 55.5. The van der Waals surface area contributed by atoms with Gasteiger partial charge in [-0.25, -0.2) is 14.6 Å². The Labute approximate surface area is 180 Å². The molecule has 1 atom stereocenters. The number of carboxylic acid groups (broad SMARTS) is 1. The van der Waals surface area contributed by atoms with E-state index in [1.54, 1.807) is 38.1 Å². The van der Waals surface area contributed by atoms with Gasteiger partial charge in [0.05, 0.1) is 27.9 Å². The maximum atomic E-state index is 12.3. The third-order valence-corrected chi connectivity index (χ3v) is 6.19. The molecule has 1 aromatic carbocycles. The Balaban J connectivity index is 1.56. The summed E-state index contributed by atoms with van der Waals surface area (Å²) >= 11 is 1.92. The average molecular weight is 447 g/mol. The first kappa shape index (κ1) is 21.8. The number of carboxylic acids is 1. The molecule has 2 aliphatic heterocycles. The number of hydrogen-bond donors (Lipinski definition) is 2. The molecule has 1 aromatic rings. The van der Waals surface area contributed by atoms with Crippen LogP contribution in [0.5, 0.6) is 0 Å². The number of ether oxygens (including phenoxy) is 1. The Morgan fingerprint density at radius 3 is 2.57 bits per heavy atom. The summed E-state index contributed by atoms with van der Waals surface area (Å²) in [6.45, 7) is 3.57. The lowest BCUT2D eigenvalue weighted by molar-refractivity contribution is -0.131. The van der Waals surface area contributed by atoms with Gasteiger partial charge in [-0.2, -0.15) is 4.99 Å². The Morgan fingerprint density at radius 1 is 1.23 bits per heavy atom. The zero-order chi connectivity index (χ0) is 21.8. The monoisotopic (exact) mass is 447 g/mol. The Kier molecular flexibility index (Phi) is 6.73. The SMILES string of the molecule is CCOC(=O)c1ccc(NC(=O)CSC2=NC(=O)C3C(=N2)SC(C(=O)O)=C3C)cc1. The highest BCUT2D eigenvalue weighted by Gasteiger charge is 2.40. The van der Waals surface area contributed by atoms with E-state index in [-0.39, 0.29) is 28.3 Å². The molecule has 156 valence electrons. The molecule has 3 rings (SSSR count). The molecule has 0 fully saturated rings. The van der Waals surface area contributed by atoms with Crippen molar-refractivity contribution in [2.75, 3.05) is 17.7 Å². The smallest absolute Gasteiger partial charge is 0.342 e. The molecule has 0 aliphatic carbocycles. The summed E-state index contributed by atoms with van der Waals surface area (Å²) in [5.74, 6) is -3.18. The lowest BCUT2D eigenvalue weighted by Gasteiger charge is -2.14. The number of amidine groups is 1. The van der Waals surface area contributed by atoms with Crippen molar-refractivity contribution in [3.8, 4) is 0 Å². The van der Waals surface area contributed by atoms with Gasteiger partial charge in [0.2, 0.25) is 5.91 Å². The van der Waals surface area contributed by atoms with E-state index >= 15 is 0 Å². The quantitative estimate of drug-likeness (QED) is 0.635. The van der Waals surface area contributed by atoms with Gasteiger partial charge in [-0.1, -0.05) is 23.5 Å². The third-order valence-electron chi connectivity index (χ3n) is 4.11. The zero-order valence-electron chi connectivity index (χ0n) is 16.0. The second-order valence-corrected chi connectivity index (χ2v) is 8.14. The molecule has 1 unspecified atom stereocenters. The highest BCUT2D eigenvalue weighted by atomic mass is 32.2. The summed E-state index contributed by atoms with van der Waals surface area (Å²) in [7, 11) is 0. The number of amides is 2. The van der Waals surface area contributed by atoms with E-state index in [4.69, 9.17) is 4.74 Å². The van der Waals surface area contributed by atoms with Gasteiger partial charge in [0, 0.05) is 5.69 Å². The fraction of sp³-hybridized carbons (Fsp3) is 0.263. The molecule has 0 saturated carbocycles. The fourth-order valence-electron chi connectivity index (χ4n) is 2.72. The molecule has 2 heterocycles. The van der Waals surface area contributed by atoms with Gasteiger partial charge in [-0.3, -0.25) is 9.59 Å². The van der Waals surface area contributed by atoms with Crippen LogP contribution in [-0.2, 0) is 19.1 Å². The minimum Gasteiger partial charge on any atom is -0.477 e.